The number of carbonyl (C=O) groups is 1. The van der Waals surface area contributed by atoms with Crippen molar-refractivity contribution in [1.29, 1.82) is 0 Å². The zero-order chi connectivity index (χ0) is 22.1. The first kappa shape index (κ1) is 20.5. The number of benzene rings is 1. The Hall–Kier alpha value is -3.39. The molecule has 1 aliphatic rings. The Morgan fingerprint density at radius 3 is 2.72 bits per heavy atom. The predicted octanol–water partition coefficient (Wildman–Crippen LogP) is 4.49. The van der Waals surface area contributed by atoms with Crippen LogP contribution in [-0.2, 0) is 15.6 Å². The van der Waals surface area contributed by atoms with E-state index in [0.29, 0.717) is 5.65 Å². The number of aromatic nitrogens is 4. The number of pyridine rings is 2. The lowest BCUT2D eigenvalue weighted by atomic mass is 10.1. The standard InChI is InChI=1S/C24H23N5O2S/c1-16(30)28-20-6-4-5-17(9-20)18-10-21(14-25-12-18)29-24-19(13-27-29)11-23(15-26-24)32(31)22-7-2-3-8-22/h4-6,9-15,22H,2-3,7-8H2,1H3,(H,28,30). The minimum Gasteiger partial charge on any atom is -0.326 e. The minimum atomic E-state index is -1.03. The van der Waals surface area contributed by atoms with Crippen molar-refractivity contribution in [3.05, 3.63) is 61.2 Å². The van der Waals surface area contributed by atoms with Gasteiger partial charge in [0.05, 0.1) is 33.8 Å². The van der Waals surface area contributed by atoms with E-state index >= 15 is 0 Å². The van der Waals surface area contributed by atoms with Crippen molar-refractivity contribution in [2.24, 2.45) is 0 Å². The molecule has 1 fully saturated rings. The van der Waals surface area contributed by atoms with Gasteiger partial charge in [-0.2, -0.15) is 5.10 Å². The highest BCUT2D eigenvalue weighted by atomic mass is 32.2. The molecule has 0 spiro atoms. The summed E-state index contributed by atoms with van der Waals surface area (Å²) in [5.41, 5.74) is 4.04. The van der Waals surface area contributed by atoms with E-state index in [1.54, 1.807) is 29.5 Å². The molecule has 32 heavy (non-hydrogen) atoms. The third-order valence-corrected chi connectivity index (χ3v) is 7.47. The second kappa shape index (κ2) is 8.63. The van der Waals surface area contributed by atoms with Crippen molar-refractivity contribution in [3.63, 3.8) is 0 Å². The molecule has 1 aromatic carbocycles. The fourth-order valence-corrected chi connectivity index (χ4v) is 5.72. The van der Waals surface area contributed by atoms with Gasteiger partial charge in [0.1, 0.15) is 0 Å². The van der Waals surface area contributed by atoms with Crippen LogP contribution in [0.25, 0.3) is 27.8 Å². The van der Waals surface area contributed by atoms with E-state index in [9.17, 15) is 9.00 Å². The second-order valence-electron chi connectivity index (χ2n) is 8.04. The third kappa shape index (κ3) is 4.05. The van der Waals surface area contributed by atoms with Gasteiger partial charge in [-0.05, 0) is 42.7 Å². The lowest BCUT2D eigenvalue weighted by Crippen LogP contribution is -2.10. The van der Waals surface area contributed by atoms with E-state index in [1.165, 1.54) is 6.92 Å². The van der Waals surface area contributed by atoms with Gasteiger partial charge in [-0.3, -0.25) is 14.0 Å². The molecule has 3 aromatic heterocycles. The third-order valence-electron chi connectivity index (χ3n) is 5.70. The molecule has 162 valence electrons. The van der Waals surface area contributed by atoms with Crippen LogP contribution in [0.4, 0.5) is 5.69 Å². The van der Waals surface area contributed by atoms with Crippen LogP contribution in [0.3, 0.4) is 0 Å². The summed E-state index contributed by atoms with van der Waals surface area (Å²) in [6, 6.07) is 11.5. The molecule has 0 saturated heterocycles. The van der Waals surface area contributed by atoms with Crippen LogP contribution in [0, 0.1) is 0 Å². The number of hydrogen-bond donors (Lipinski definition) is 1. The van der Waals surface area contributed by atoms with E-state index in [0.717, 1.165) is 58.5 Å². The molecule has 1 unspecified atom stereocenters. The summed E-state index contributed by atoms with van der Waals surface area (Å²) in [6.45, 7) is 1.49. The molecule has 1 atom stereocenters. The van der Waals surface area contributed by atoms with Gasteiger partial charge < -0.3 is 5.32 Å². The number of fused-ring (bicyclic) bond motifs is 1. The summed E-state index contributed by atoms with van der Waals surface area (Å²) in [7, 11) is -1.03. The molecular formula is C24H23N5O2S. The monoisotopic (exact) mass is 445 g/mol. The Bertz CT molecular complexity index is 1330. The van der Waals surface area contributed by atoms with E-state index < -0.39 is 10.8 Å². The highest BCUT2D eigenvalue weighted by Crippen LogP contribution is 2.29. The molecule has 0 aliphatic heterocycles. The molecule has 8 heteroatoms. The molecule has 0 radical (unpaired) electrons. The SMILES string of the molecule is CC(=O)Nc1cccc(-c2cncc(-n3ncc4cc(S(=O)C5CCCC5)cnc43)c2)c1. The topological polar surface area (TPSA) is 89.8 Å². The van der Waals surface area contributed by atoms with E-state index in [2.05, 4.69) is 20.4 Å². The molecule has 1 amide bonds. The van der Waals surface area contributed by atoms with E-state index in [-0.39, 0.29) is 11.2 Å². The van der Waals surface area contributed by atoms with Crippen LogP contribution in [-0.4, -0.2) is 35.1 Å². The van der Waals surface area contributed by atoms with Gasteiger partial charge in [0.15, 0.2) is 5.65 Å². The minimum absolute atomic E-state index is 0.114. The summed E-state index contributed by atoms with van der Waals surface area (Å²) in [5.74, 6) is -0.114. The first-order valence-corrected chi connectivity index (χ1v) is 11.9. The maximum atomic E-state index is 12.9. The van der Waals surface area contributed by atoms with Crippen molar-refractivity contribution in [1.82, 2.24) is 19.7 Å². The predicted molar refractivity (Wildman–Crippen MR) is 125 cm³/mol. The summed E-state index contributed by atoms with van der Waals surface area (Å²) < 4.78 is 14.6. The van der Waals surface area contributed by atoms with E-state index in [1.807, 2.05) is 36.4 Å². The molecule has 1 aliphatic carbocycles. The maximum Gasteiger partial charge on any atom is 0.221 e. The highest BCUT2D eigenvalue weighted by Gasteiger charge is 2.23. The van der Waals surface area contributed by atoms with Gasteiger partial charge in [0.25, 0.3) is 0 Å². The van der Waals surface area contributed by atoms with Crippen molar-refractivity contribution < 1.29 is 9.00 Å². The Morgan fingerprint density at radius 2 is 1.91 bits per heavy atom. The van der Waals surface area contributed by atoms with E-state index in [4.69, 9.17) is 0 Å². The quantitative estimate of drug-likeness (QED) is 0.489. The molecule has 1 N–H and O–H groups in total. The Labute approximate surface area is 188 Å². The van der Waals surface area contributed by atoms with Gasteiger partial charge in [-0.25, -0.2) is 9.67 Å². The average molecular weight is 446 g/mol. The Kier molecular flexibility index (Phi) is 5.53. The van der Waals surface area contributed by atoms with Crippen LogP contribution in [0.15, 0.2) is 66.1 Å². The summed E-state index contributed by atoms with van der Waals surface area (Å²) in [5, 5.41) is 8.41. The van der Waals surface area contributed by atoms with Gasteiger partial charge >= 0.3 is 0 Å². The van der Waals surface area contributed by atoms with Gasteiger partial charge in [-0.15, -0.1) is 0 Å². The van der Waals surface area contributed by atoms with Crippen LogP contribution >= 0.6 is 0 Å². The zero-order valence-corrected chi connectivity index (χ0v) is 18.5. The molecule has 5 rings (SSSR count). The fourth-order valence-electron chi connectivity index (χ4n) is 4.18. The van der Waals surface area contributed by atoms with Crippen molar-refractivity contribution in [2.75, 3.05) is 5.32 Å². The van der Waals surface area contributed by atoms with Gasteiger partial charge in [0, 0.05) is 41.2 Å². The molecule has 0 bridgehead atoms. The number of rotatable bonds is 5. The smallest absolute Gasteiger partial charge is 0.221 e. The maximum absolute atomic E-state index is 12.9. The molecule has 7 nitrogen and oxygen atoms in total. The number of nitrogens with zero attached hydrogens (tertiary/aromatic N) is 4. The summed E-state index contributed by atoms with van der Waals surface area (Å²) >= 11 is 0. The van der Waals surface area contributed by atoms with Crippen molar-refractivity contribution in [2.45, 2.75) is 42.8 Å². The number of anilines is 1. The average Bonchev–Trinajstić information content (AvgIpc) is 3.48. The lowest BCUT2D eigenvalue weighted by molar-refractivity contribution is -0.114. The summed E-state index contributed by atoms with van der Waals surface area (Å²) in [4.78, 5) is 21.1. The fraction of sp³-hybridized carbons (Fsp3) is 0.250. The van der Waals surface area contributed by atoms with Crippen LogP contribution in [0.2, 0.25) is 0 Å². The van der Waals surface area contributed by atoms with Gasteiger partial charge in [-0.1, -0.05) is 25.0 Å². The molecular weight excluding hydrogens is 422 g/mol. The zero-order valence-electron chi connectivity index (χ0n) is 17.7. The van der Waals surface area contributed by atoms with Gasteiger partial charge in [0.2, 0.25) is 5.91 Å². The largest absolute Gasteiger partial charge is 0.326 e. The number of carbonyl (C=O) groups excluding carboxylic acids is 1. The first-order chi connectivity index (χ1) is 15.6. The second-order valence-corrected chi connectivity index (χ2v) is 9.77. The Balaban J connectivity index is 1.47. The lowest BCUT2D eigenvalue weighted by Gasteiger charge is -2.10. The number of nitrogens with one attached hydrogen (secondary N) is 1. The first-order valence-electron chi connectivity index (χ1n) is 10.7. The van der Waals surface area contributed by atoms with Crippen molar-refractivity contribution >= 4 is 33.4 Å². The van der Waals surface area contributed by atoms with Crippen LogP contribution in [0.5, 0.6) is 0 Å². The molecule has 4 aromatic rings. The normalized spacial score (nSPS) is 15.2. The number of amides is 1. The highest BCUT2D eigenvalue weighted by molar-refractivity contribution is 7.85. The summed E-state index contributed by atoms with van der Waals surface area (Å²) in [6.07, 6.45) is 11.3. The molecule has 3 heterocycles. The Morgan fingerprint density at radius 1 is 1.06 bits per heavy atom. The number of hydrogen-bond acceptors (Lipinski definition) is 5. The van der Waals surface area contributed by atoms with Crippen LogP contribution in [0.1, 0.15) is 32.6 Å². The molecule has 1 saturated carbocycles. The van der Waals surface area contributed by atoms with Crippen molar-refractivity contribution in [3.8, 4) is 16.8 Å². The van der Waals surface area contributed by atoms with Crippen LogP contribution < -0.4 is 5.32 Å².